The van der Waals surface area contributed by atoms with Gasteiger partial charge in [0.15, 0.2) is 0 Å². The Labute approximate surface area is 252 Å². The summed E-state index contributed by atoms with van der Waals surface area (Å²) in [5.41, 5.74) is 9.55. The van der Waals surface area contributed by atoms with Crippen molar-refractivity contribution in [2.45, 2.75) is 71.9 Å². The van der Waals surface area contributed by atoms with Crippen molar-refractivity contribution in [1.82, 2.24) is 21.1 Å². The number of unbranched alkanes of at least 4 members (excludes halogenated alkanes) is 1. The molecule has 11 heteroatoms. The van der Waals surface area contributed by atoms with Gasteiger partial charge in [-0.25, -0.2) is 5.01 Å². The third-order valence-electron chi connectivity index (χ3n) is 7.31. The molecular formula is C31H55N5O6. The number of aliphatic hydroxyl groups excluding tert-OH is 1. The molecule has 0 bridgehead atoms. The zero-order chi connectivity index (χ0) is 31.7. The number of carbonyl (C=O) groups excluding carboxylic acids is 3. The molecule has 3 amide bonds. The molecule has 240 valence electrons. The topological polar surface area (TPSA) is 155 Å². The highest BCUT2D eigenvalue weighted by molar-refractivity contribution is 5.96. The molecule has 0 aliphatic heterocycles. The molecule has 0 saturated carbocycles. The first kappa shape index (κ1) is 37.3. The third kappa shape index (κ3) is 14.4. The number of carbonyl (C=O) groups is 3. The standard InChI is InChI=1S/C31H55N5O6/c1-21(2)23(20-34-30(39)24-12-8-9-13-28(24)42-17-11-10-16-41-7)18-26(32)27(37)19-25(22(3)4)31(40)33-15-14-29(38)35-36(5)6/h8-9,12-13,21-23,25-27,37H,10-11,14-20,32H2,1-7H3,(H,33,40)(H,34,39)(H,35,38)/t23-,25+,26+,27+/m1/s1. The number of benzene rings is 1. The highest BCUT2D eigenvalue weighted by atomic mass is 16.5. The van der Waals surface area contributed by atoms with Crippen LogP contribution in [-0.2, 0) is 14.3 Å². The summed E-state index contributed by atoms with van der Waals surface area (Å²) in [7, 11) is 5.10. The van der Waals surface area contributed by atoms with Gasteiger partial charge in [-0.2, -0.15) is 0 Å². The van der Waals surface area contributed by atoms with E-state index in [0.29, 0.717) is 37.5 Å². The first-order chi connectivity index (χ1) is 19.9. The summed E-state index contributed by atoms with van der Waals surface area (Å²) in [5.74, 6) is -0.341. The number of rotatable bonds is 21. The molecule has 0 saturated heterocycles. The highest BCUT2D eigenvalue weighted by Crippen LogP contribution is 2.24. The first-order valence-electron chi connectivity index (χ1n) is 15.0. The van der Waals surface area contributed by atoms with Crippen molar-refractivity contribution in [3.63, 3.8) is 0 Å². The van der Waals surface area contributed by atoms with Crippen LogP contribution in [0.4, 0.5) is 0 Å². The number of nitrogens with one attached hydrogen (secondary N) is 3. The van der Waals surface area contributed by atoms with Crippen LogP contribution in [0, 0.1) is 23.7 Å². The second-order valence-corrected chi connectivity index (χ2v) is 11.8. The Balaban J connectivity index is 2.68. The second kappa shape index (κ2) is 20.2. The van der Waals surface area contributed by atoms with Crippen molar-refractivity contribution in [2.24, 2.45) is 29.4 Å². The summed E-state index contributed by atoms with van der Waals surface area (Å²) in [6.45, 7) is 9.73. The maximum atomic E-state index is 13.1. The molecule has 1 rings (SSSR count). The number of amides is 3. The highest BCUT2D eigenvalue weighted by Gasteiger charge is 2.30. The van der Waals surface area contributed by atoms with E-state index in [-0.39, 0.29) is 54.9 Å². The third-order valence-corrected chi connectivity index (χ3v) is 7.31. The minimum absolute atomic E-state index is 0.0160. The molecular weight excluding hydrogens is 538 g/mol. The summed E-state index contributed by atoms with van der Waals surface area (Å²) >= 11 is 0. The van der Waals surface area contributed by atoms with Crippen LogP contribution in [-0.4, -0.2) is 87.5 Å². The summed E-state index contributed by atoms with van der Waals surface area (Å²) in [4.78, 5) is 37.8. The number of para-hydroxylation sites is 1. The van der Waals surface area contributed by atoms with Crippen molar-refractivity contribution in [3.8, 4) is 5.75 Å². The Morgan fingerprint density at radius 3 is 2.26 bits per heavy atom. The Kier molecular flexibility index (Phi) is 18.0. The molecule has 0 unspecified atom stereocenters. The van der Waals surface area contributed by atoms with Gasteiger partial charge in [0.2, 0.25) is 11.8 Å². The van der Waals surface area contributed by atoms with E-state index in [1.165, 1.54) is 0 Å². The number of aliphatic hydroxyl groups is 1. The van der Waals surface area contributed by atoms with Gasteiger partial charge in [-0.05, 0) is 55.6 Å². The van der Waals surface area contributed by atoms with Crippen molar-refractivity contribution in [2.75, 3.05) is 47.5 Å². The van der Waals surface area contributed by atoms with Crippen LogP contribution in [0.3, 0.4) is 0 Å². The van der Waals surface area contributed by atoms with Gasteiger partial charge < -0.3 is 30.9 Å². The fraction of sp³-hybridized carbons (Fsp3) is 0.710. The molecule has 0 aromatic heterocycles. The average Bonchev–Trinajstić information content (AvgIpc) is 2.92. The zero-order valence-corrected chi connectivity index (χ0v) is 26.7. The minimum Gasteiger partial charge on any atom is -0.493 e. The van der Waals surface area contributed by atoms with Crippen molar-refractivity contribution >= 4 is 17.7 Å². The van der Waals surface area contributed by atoms with Crippen LogP contribution >= 0.6 is 0 Å². The quantitative estimate of drug-likeness (QED) is 0.107. The number of nitrogens with zero attached hydrogens (tertiary/aromatic N) is 1. The molecule has 0 radical (unpaired) electrons. The van der Waals surface area contributed by atoms with Crippen LogP contribution in [0.2, 0.25) is 0 Å². The van der Waals surface area contributed by atoms with Gasteiger partial charge in [0.05, 0.1) is 18.3 Å². The van der Waals surface area contributed by atoms with Crippen LogP contribution in [0.25, 0.3) is 0 Å². The lowest BCUT2D eigenvalue weighted by Crippen LogP contribution is -2.44. The molecule has 0 spiro atoms. The van der Waals surface area contributed by atoms with E-state index < -0.39 is 18.1 Å². The Morgan fingerprint density at radius 1 is 0.976 bits per heavy atom. The minimum atomic E-state index is -0.899. The van der Waals surface area contributed by atoms with Gasteiger partial charge in [0.25, 0.3) is 5.91 Å². The van der Waals surface area contributed by atoms with Gasteiger partial charge >= 0.3 is 0 Å². The van der Waals surface area contributed by atoms with Gasteiger partial charge in [0, 0.05) is 59.3 Å². The molecule has 42 heavy (non-hydrogen) atoms. The van der Waals surface area contributed by atoms with Gasteiger partial charge in [-0.3, -0.25) is 19.8 Å². The molecule has 0 aliphatic carbocycles. The number of methoxy groups -OCH3 is 1. The maximum Gasteiger partial charge on any atom is 0.255 e. The smallest absolute Gasteiger partial charge is 0.255 e. The Morgan fingerprint density at radius 2 is 1.64 bits per heavy atom. The summed E-state index contributed by atoms with van der Waals surface area (Å²) < 4.78 is 10.9. The van der Waals surface area contributed by atoms with E-state index in [9.17, 15) is 19.5 Å². The van der Waals surface area contributed by atoms with Crippen LogP contribution in [0.1, 0.15) is 70.2 Å². The monoisotopic (exact) mass is 593 g/mol. The number of hydrogen-bond acceptors (Lipinski definition) is 8. The van der Waals surface area contributed by atoms with Gasteiger partial charge in [-0.1, -0.05) is 39.8 Å². The largest absolute Gasteiger partial charge is 0.493 e. The maximum absolute atomic E-state index is 13.1. The average molecular weight is 594 g/mol. The van der Waals surface area contributed by atoms with E-state index in [0.717, 1.165) is 12.8 Å². The lowest BCUT2D eigenvalue weighted by molar-refractivity contribution is -0.128. The Hall–Kier alpha value is -2.73. The molecule has 1 aromatic rings. The normalized spacial score (nSPS) is 14.4. The summed E-state index contributed by atoms with van der Waals surface area (Å²) in [6.07, 6.45) is 1.65. The molecule has 1 aromatic carbocycles. The number of nitrogens with two attached hydrogens (primary N) is 1. The summed E-state index contributed by atoms with van der Waals surface area (Å²) in [5, 5.41) is 18.4. The lowest BCUT2D eigenvalue weighted by atomic mass is 9.83. The van der Waals surface area contributed by atoms with Crippen LogP contribution in [0.5, 0.6) is 5.75 Å². The van der Waals surface area contributed by atoms with Crippen molar-refractivity contribution in [1.29, 1.82) is 0 Å². The van der Waals surface area contributed by atoms with Gasteiger partial charge in [0.1, 0.15) is 5.75 Å². The molecule has 11 nitrogen and oxygen atoms in total. The zero-order valence-electron chi connectivity index (χ0n) is 26.7. The fourth-order valence-electron chi connectivity index (χ4n) is 4.58. The number of hydrogen-bond donors (Lipinski definition) is 5. The first-order valence-corrected chi connectivity index (χ1v) is 15.0. The summed E-state index contributed by atoms with van der Waals surface area (Å²) in [6, 6.07) is 6.60. The van der Waals surface area contributed by atoms with E-state index in [2.05, 4.69) is 29.9 Å². The number of hydrazine groups is 1. The molecule has 0 aliphatic rings. The van der Waals surface area contributed by atoms with Crippen LogP contribution in [0.15, 0.2) is 24.3 Å². The lowest BCUT2D eigenvalue weighted by Gasteiger charge is -2.30. The van der Waals surface area contributed by atoms with E-state index in [1.807, 2.05) is 19.9 Å². The van der Waals surface area contributed by atoms with E-state index in [1.54, 1.807) is 44.4 Å². The van der Waals surface area contributed by atoms with E-state index in [4.69, 9.17) is 15.2 Å². The van der Waals surface area contributed by atoms with E-state index >= 15 is 0 Å². The molecule has 6 N–H and O–H groups in total. The second-order valence-electron chi connectivity index (χ2n) is 11.8. The fourth-order valence-corrected chi connectivity index (χ4v) is 4.58. The SMILES string of the molecule is COCCCCOc1ccccc1C(=O)NC[C@@H](C[C@H](N)[C@@H](O)C[C@H](C(=O)NCCC(=O)NN(C)C)C(C)C)C(C)C. The number of ether oxygens (including phenoxy) is 2. The van der Waals surface area contributed by atoms with Crippen molar-refractivity contribution in [3.05, 3.63) is 29.8 Å². The Bertz CT molecular complexity index is 942. The van der Waals surface area contributed by atoms with Crippen LogP contribution < -0.4 is 26.5 Å². The molecule has 0 heterocycles. The predicted molar refractivity (Wildman–Crippen MR) is 165 cm³/mol. The predicted octanol–water partition coefficient (Wildman–Crippen LogP) is 2.33. The van der Waals surface area contributed by atoms with Crippen molar-refractivity contribution < 1.29 is 29.0 Å². The van der Waals surface area contributed by atoms with Gasteiger partial charge in [-0.15, -0.1) is 0 Å². The molecule has 0 fully saturated rings. The molecule has 4 atom stereocenters.